The van der Waals surface area contributed by atoms with Gasteiger partial charge in [-0.05, 0) is 54.8 Å². The minimum atomic E-state index is -5.08. The Morgan fingerprint density at radius 2 is 1.64 bits per heavy atom. The Balaban J connectivity index is 0.000000517. The quantitative estimate of drug-likeness (QED) is 0.242. The van der Waals surface area contributed by atoms with Gasteiger partial charge in [0.15, 0.2) is 5.13 Å². The molecular weight excluding hydrogens is 597 g/mol. The number of anilines is 3. The van der Waals surface area contributed by atoms with Crippen LogP contribution in [0.15, 0.2) is 59.8 Å². The Labute approximate surface area is 242 Å². The molecule has 2 aromatic heterocycles. The number of hydrogen-bond donors (Lipinski definition) is 4. The number of piperidine rings is 1. The second-order valence-electron chi connectivity index (χ2n) is 9.04. The number of nitrogens with zero attached hydrogens (tertiary/aromatic N) is 4. The van der Waals surface area contributed by atoms with Crippen molar-refractivity contribution in [1.29, 1.82) is 0 Å². The number of carbonyl (C=O) groups is 1. The number of aliphatic carboxylic acids is 1. The average Bonchev–Trinajstić information content (AvgIpc) is 3.32. The van der Waals surface area contributed by atoms with E-state index in [0.717, 1.165) is 21.3 Å². The zero-order valence-corrected chi connectivity index (χ0v) is 23.3. The van der Waals surface area contributed by atoms with Crippen LogP contribution in [0.3, 0.4) is 0 Å². The molecule has 1 fully saturated rings. The van der Waals surface area contributed by atoms with Crippen LogP contribution < -0.4 is 11.1 Å². The number of rotatable bonds is 6. The summed E-state index contributed by atoms with van der Waals surface area (Å²) in [7, 11) is -3.57. The molecule has 11 nitrogen and oxygen atoms in total. The van der Waals surface area contributed by atoms with Gasteiger partial charge in [0.2, 0.25) is 16.0 Å². The fourth-order valence-corrected chi connectivity index (χ4v) is 6.07. The molecule has 2 aromatic carbocycles. The lowest BCUT2D eigenvalue weighted by Crippen LogP contribution is -2.39. The lowest BCUT2D eigenvalue weighted by molar-refractivity contribution is -0.192. The fourth-order valence-electron chi connectivity index (χ4n) is 3.81. The highest BCUT2D eigenvalue weighted by molar-refractivity contribution is 7.89. The first-order valence-corrected chi connectivity index (χ1v) is 14.6. The van der Waals surface area contributed by atoms with Crippen LogP contribution in [-0.2, 0) is 14.8 Å². The van der Waals surface area contributed by atoms with Gasteiger partial charge in [0.05, 0.1) is 21.2 Å². The molecule has 0 spiro atoms. The molecule has 16 heteroatoms. The fraction of sp³-hybridized carbons (Fsp3) is 0.231. The Morgan fingerprint density at radius 1 is 1.05 bits per heavy atom. The van der Waals surface area contributed by atoms with E-state index in [9.17, 15) is 26.7 Å². The molecule has 1 aliphatic rings. The highest BCUT2D eigenvalue weighted by Gasteiger charge is 2.38. The number of alkyl halides is 3. The Bertz CT molecular complexity index is 1670. The number of hydrogen-bond acceptors (Lipinski definition) is 10. The van der Waals surface area contributed by atoms with Gasteiger partial charge in [0.1, 0.15) is 0 Å². The minimum Gasteiger partial charge on any atom is -0.475 e. The van der Waals surface area contributed by atoms with Gasteiger partial charge in [-0.2, -0.15) is 17.5 Å². The number of nitrogens with one attached hydrogen (secondary N) is 1. The molecule has 0 unspecified atom stereocenters. The first-order chi connectivity index (χ1) is 19.8. The van der Waals surface area contributed by atoms with Crippen molar-refractivity contribution in [3.8, 4) is 0 Å². The molecular formula is C26H25F3N6O5S2. The van der Waals surface area contributed by atoms with Gasteiger partial charge in [-0.15, -0.1) is 0 Å². The number of halogens is 3. The van der Waals surface area contributed by atoms with Gasteiger partial charge in [0.25, 0.3) is 0 Å². The van der Waals surface area contributed by atoms with Crippen LogP contribution in [0, 0.1) is 0 Å². The van der Waals surface area contributed by atoms with Crippen molar-refractivity contribution >= 4 is 66.5 Å². The molecule has 0 aliphatic carbocycles. The summed E-state index contributed by atoms with van der Waals surface area (Å²) in [6.45, 7) is 0.652. The summed E-state index contributed by atoms with van der Waals surface area (Å²) in [6.07, 6.45) is 2.72. The number of aliphatic hydroxyl groups is 1. The maximum Gasteiger partial charge on any atom is 0.490 e. The molecule has 5 rings (SSSR count). The van der Waals surface area contributed by atoms with E-state index in [0.29, 0.717) is 42.7 Å². The van der Waals surface area contributed by atoms with Crippen LogP contribution in [0.1, 0.15) is 24.0 Å². The van der Waals surface area contributed by atoms with Crippen LogP contribution in [-0.4, -0.2) is 69.2 Å². The molecule has 0 bridgehead atoms. The number of thiazole rings is 1. The number of benzene rings is 2. The van der Waals surface area contributed by atoms with Crippen LogP contribution in [0.4, 0.5) is 29.9 Å². The van der Waals surface area contributed by atoms with Gasteiger partial charge in [0, 0.05) is 36.7 Å². The number of carboxylic acid groups (broad SMARTS) is 1. The molecule has 5 N–H and O–H groups in total. The van der Waals surface area contributed by atoms with E-state index in [1.54, 1.807) is 36.7 Å². The van der Waals surface area contributed by atoms with Crippen LogP contribution in [0.25, 0.3) is 22.4 Å². The normalized spacial score (nSPS) is 15.0. The first kappa shape index (κ1) is 30.8. The first-order valence-electron chi connectivity index (χ1n) is 12.3. The van der Waals surface area contributed by atoms with Crippen LogP contribution >= 0.6 is 11.3 Å². The standard InChI is InChI=1S/C24H24N6O3S2.C2HF3O2/c25-23-29-21-8-3-16(13-22(21)34-23)1-2-17-14-26-24(27-15-17)28-18-4-6-20(7-5-18)35(32,33)30-11-9-19(31)10-12-30;3-2(4,5)1(6)7/h1-8,13-15,19,31H,9-12H2,(H2,25,29)(H,26,27,28);(H,6,7)/b2-1+;. The average molecular weight is 623 g/mol. The lowest BCUT2D eigenvalue weighted by atomic mass is 10.1. The Kier molecular flexibility index (Phi) is 9.40. The number of carboxylic acids is 1. The number of nitrogens with two attached hydrogens (primary N) is 1. The number of aromatic nitrogens is 3. The highest BCUT2D eigenvalue weighted by atomic mass is 32.2. The van der Waals surface area contributed by atoms with Gasteiger partial charge >= 0.3 is 12.1 Å². The summed E-state index contributed by atoms with van der Waals surface area (Å²) < 4.78 is 59.8. The summed E-state index contributed by atoms with van der Waals surface area (Å²) in [5, 5.41) is 20.4. The Hall–Kier alpha value is -4.12. The summed E-state index contributed by atoms with van der Waals surface area (Å²) >= 11 is 1.46. The SMILES string of the molecule is Nc1nc2ccc(/C=C/c3cnc(Nc4ccc(S(=O)(=O)N5CCC(O)CC5)cc4)nc3)cc2s1.O=C(O)C(F)(F)F. The van der Waals surface area contributed by atoms with Gasteiger partial charge in [-0.25, -0.2) is 28.2 Å². The maximum absolute atomic E-state index is 12.8. The van der Waals surface area contributed by atoms with Crippen molar-refractivity contribution in [2.24, 2.45) is 0 Å². The summed E-state index contributed by atoms with van der Waals surface area (Å²) in [5.41, 5.74) is 9.20. The topological polar surface area (TPSA) is 172 Å². The second kappa shape index (κ2) is 12.8. The minimum absolute atomic E-state index is 0.222. The molecule has 4 aromatic rings. The highest BCUT2D eigenvalue weighted by Crippen LogP contribution is 2.26. The van der Waals surface area contributed by atoms with Crippen molar-refractivity contribution in [3.05, 3.63) is 66.0 Å². The zero-order chi connectivity index (χ0) is 30.5. The molecule has 222 valence electrons. The van der Waals surface area contributed by atoms with Crippen molar-refractivity contribution in [2.75, 3.05) is 24.1 Å². The molecule has 1 aliphatic heterocycles. The third-order valence-corrected chi connectivity index (χ3v) is 8.74. The number of nitrogen functional groups attached to an aromatic ring is 1. The van der Waals surface area contributed by atoms with Crippen LogP contribution in [0.2, 0.25) is 0 Å². The third kappa shape index (κ3) is 8.00. The number of aliphatic hydroxyl groups excluding tert-OH is 1. The van der Waals surface area contributed by atoms with Gasteiger partial charge in [-0.3, -0.25) is 0 Å². The monoisotopic (exact) mass is 622 g/mol. The van der Waals surface area contributed by atoms with E-state index in [1.165, 1.54) is 15.6 Å². The maximum atomic E-state index is 12.8. The lowest BCUT2D eigenvalue weighted by Gasteiger charge is -2.28. The summed E-state index contributed by atoms with van der Waals surface area (Å²) in [5.74, 6) is -2.35. The van der Waals surface area contributed by atoms with E-state index in [4.69, 9.17) is 15.6 Å². The molecule has 1 saturated heterocycles. The molecule has 0 amide bonds. The van der Waals surface area contributed by atoms with Crippen molar-refractivity contribution < 1.29 is 36.6 Å². The predicted octanol–water partition coefficient (Wildman–Crippen LogP) is 4.36. The van der Waals surface area contributed by atoms with Gasteiger partial charge < -0.3 is 21.3 Å². The summed E-state index contributed by atoms with van der Waals surface area (Å²) in [4.78, 5) is 22.1. The summed E-state index contributed by atoms with van der Waals surface area (Å²) in [6, 6.07) is 12.5. The van der Waals surface area contributed by atoms with Gasteiger partial charge in [-0.1, -0.05) is 29.6 Å². The van der Waals surface area contributed by atoms with Crippen molar-refractivity contribution in [3.63, 3.8) is 0 Å². The molecule has 0 radical (unpaired) electrons. The molecule has 42 heavy (non-hydrogen) atoms. The van der Waals surface area contributed by atoms with E-state index >= 15 is 0 Å². The zero-order valence-electron chi connectivity index (χ0n) is 21.7. The molecule has 0 saturated carbocycles. The smallest absolute Gasteiger partial charge is 0.475 e. The second-order valence-corrected chi connectivity index (χ2v) is 12.0. The third-order valence-electron chi connectivity index (χ3n) is 5.98. The molecule has 3 heterocycles. The van der Waals surface area contributed by atoms with E-state index in [1.807, 2.05) is 30.4 Å². The number of sulfonamides is 1. The van der Waals surface area contributed by atoms with E-state index < -0.39 is 28.3 Å². The molecule has 0 atom stereocenters. The van der Waals surface area contributed by atoms with Crippen molar-refractivity contribution in [2.45, 2.75) is 30.0 Å². The van der Waals surface area contributed by atoms with E-state index in [-0.39, 0.29) is 4.90 Å². The van der Waals surface area contributed by atoms with Crippen molar-refractivity contribution in [1.82, 2.24) is 19.3 Å². The van der Waals surface area contributed by atoms with Crippen LogP contribution in [0.5, 0.6) is 0 Å². The van der Waals surface area contributed by atoms with E-state index in [2.05, 4.69) is 20.3 Å². The number of fused-ring (bicyclic) bond motifs is 1. The Morgan fingerprint density at radius 3 is 2.24 bits per heavy atom. The predicted molar refractivity (Wildman–Crippen MR) is 152 cm³/mol. The largest absolute Gasteiger partial charge is 0.490 e.